The van der Waals surface area contributed by atoms with Gasteiger partial charge in [-0.1, -0.05) is 17.0 Å². The summed E-state index contributed by atoms with van der Waals surface area (Å²) in [4.78, 5) is 50.6. The van der Waals surface area contributed by atoms with Crippen LogP contribution >= 0.6 is 0 Å². The van der Waals surface area contributed by atoms with Crippen molar-refractivity contribution in [2.24, 2.45) is 0 Å². The fourth-order valence-corrected chi connectivity index (χ4v) is 2.54. The molecular formula is C24H37N5O8. The molecule has 0 fully saturated rings. The number of para-hydroxylation sites is 1. The predicted octanol–water partition coefficient (Wildman–Crippen LogP) is 3.07. The van der Waals surface area contributed by atoms with Gasteiger partial charge in [0.25, 0.3) is 0 Å². The molecule has 0 atom stereocenters. The van der Waals surface area contributed by atoms with Crippen LogP contribution in [0.3, 0.4) is 0 Å². The molecule has 13 nitrogen and oxygen atoms in total. The number of fused-ring (bicyclic) bond motifs is 1. The van der Waals surface area contributed by atoms with Crippen molar-refractivity contribution in [3.63, 3.8) is 0 Å². The molecule has 1 aromatic heterocycles. The van der Waals surface area contributed by atoms with Crippen LogP contribution in [-0.4, -0.2) is 68.7 Å². The third kappa shape index (κ3) is 15.0. The Bertz CT molecular complexity index is 1040. The first-order valence-corrected chi connectivity index (χ1v) is 11.8. The summed E-state index contributed by atoms with van der Waals surface area (Å²) in [6, 6.07) is 7.16. The van der Waals surface area contributed by atoms with E-state index in [1.165, 1.54) is 0 Å². The summed E-state index contributed by atoms with van der Waals surface area (Å²) >= 11 is 0. The fourth-order valence-electron chi connectivity index (χ4n) is 2.54. The van der Waals surface area contributed by atoms with Crippen molar-refractivity contribution in [2.45, 2.75) is 78.4 Å². The summed E-state index contributed by atoms with van der Waals surface area (Å²) in [5, 5.41) is 21.0. The minimum Gasteiger partial charge on any atom is -0.481 e. The smallest absolute Gasteiger partial charge is 0.407 e. The molecule has 37 heavy (non-hydrogen) atoms. The number of nitrogens with one attached hydrogen (secondary N) is 2. The van der Waals surface area contributed by atoms with Gasteiger partial charge in [0.1, 0.15) is 22.2 Å². The van der Waals surface area contributed by atoms with E-state index in [-0.39, 0.29) is 12.8 Å². The molecule has 0 saturated heterocycles. The number of hydrogen-bond acceptors (Lipinski definition) is 9. The SMILES string of the molecule is CC(C)(C)OC(=O)NCCCC(=O)O.CC(C)(C)OC(=O)NCCCC(=O)On1nnc2ccccc21. The number of amides is 2. The predicted molar refractivity (Wildman–Crippen MR) is 134 cm³/mol. The van der Waals surface area contributed by atoms with Crippen LogP contribution in [0, 0.1) is 0 Å². The van der Waals surface area contributed by atoms with Gasteiger partial charge in [0, 0.05) is 25.9 Å². The maximum Gasteiger partial charge on any atom is 0.407 e. The Balaban J connectivity index is 0.000000422. The number of ether oxygens (including phenoxy) is 2. The highest BCUT2D eigenvalue weighted by Gasteiger charge is 2.16. The lowest BCUT2D eigenvalue weighted by Gasteiger charge is -2.19. The number of carboxylic acid groups (broad SMARTS) is 1. The molecule has 0 radical (unpaired) electrons. The first kappa shape index (κ1) is 31.1. The largest absolute Gasteiger partial charge is 0.481 e. The molecule has 3 N–H and O–H groups in total. The second-order valence-electron chi connectivity index (χ2n) is 9.87. The van der Waals surface area contributed by atoms with Crippen LogP contribution in [0.5, 0.6) is 0 Å². The van der Waals surface area contributed by atoms with Gasteiger partial charge in [-0.05, 0) is 71.7 Å². The maximum absolute atomic E-state index is 11.8. The molecule has 206 valence electrons. The van der Waals surface area contributed by atoms with Crippen molar-refractivity contribution in [2.75, 3.05) is 13.1 Å². The molecular weight excluding hydrogens is 486 g/mol. The van der Waals surface area contributed by atoms with Gasteiger partial charge in [-0.25, -0.2) is 14.4 Å². The lowest BCUT2D eigenvalue weighted by atomic mass is 10.2. The molecule has 0 aliphatic heterocycles. The van der Waals surface area contributed by atoms with E-state index < -0.39 is 35.3 Å². The highest BCUT2D eigenvalue weighted by Crippen LogP contribution is 2.09. The Morgan fingerprint density at radius 2 is 1.38 bits per heavy atom. The molecule has 0 unspecified atom stereocenters. The number of alkyl carbamates (subject to hydrolysis) is 2. The summed E-state index contributed by atoms with van der Waals surface area (Å²) in [5.74, 6) is -1.32. The van der Waals surface area contributed by atoms with Crippen LogP contribution in [0.1, 0.15) is 67.2 Å². The highest BCUT2D eigenvalue weighted by molar-refractivity contribution is 5.75. The molecule has 0 spiro atoms. The number of nitrogens with zero attached hydrogens (tertiary/aromatic N) is 3. The summed E-state index contributed by atoms with van der Waals surface area (Å²) in [6.45, 7) is 11.3. The van der Waals surface area contributed by atoms with E-state index in [4.69, 9.17) is 19.4 Å². The second-order valence-corrected chi connectivity index (χ2v) is 9.87. The van der Waals surface area contributed by atoms with Gasteiger partial charge in [-0.3, -0.25) is 4.79 Å². The molecule has 2 amide bonds. The van der Waals surface area contributed by atoms with E-state index in [0.717, 1.165) is 4.85 Å². The fraction of sp³-hybridized carbons (Fsp3) is 0.583. The van der Waals surface area contributed by atoms with Crippen LogP contribution in [0.4, 0.5) is 9.59 Å². The third-order valence-corrected chi connectivity index (χ3v) is 3.97. The molecule has 13 heteroatoms. The van der Waals surface area contributed by atoms with E-state index in [9.17, 15) is 19.2 Å². The van der Waals surface area contributed by atoms with Crippen molar-refractivity contribution in [1.29, 1.82) is 0 Å². The molecule has 0 aliphatic rings. The molecule has 0 saturated carbocycles. The number of carboxylic acids is 1. The normalized spacial score (nSPS) is 11.1. The molecule has 2 rings (SSSR count). The van der Waals surface area contributed by atoms with E-state index in [1.807, 2.05) is 6.07 Å². The monoisotopic (exact) mass is 523 g/mol. The Morgan fingerprint density at radius 3 is 1.89 bits per heavy atom. The Kier molecular flexibility index (Phi) is 12.3. The van der Waals surface area contributed by atoms with Crippen LogP contribution < -0.4 is 15.5 Å². The standard InChI is InChI=1S/C15H20N4O4.C9H17NO4/c1-15(2,3)22-14(21)16-10-6-9-13(20)23-19-12-8-5-4-7-11(12)17-18-19;1-9(2,3)14-8(13)10-6-4-5-7(11)12/h4-5,7-8H,6,9-10H2,1-3H3,(H,16,21);4-6H2,1-3H3,(H,10,13)(H,11,12). The van der Waals surface area contributed by atoms with Gasteiger partial charge in [-0.2, -0.15) is 0 Å². The number of benzene rings is 1. The average Bonchev–Trinajstić information content (AvgIpc) is 3.15. The number of aromatic nitrogens is 3. The van der Waals surface area contributed by atoms with E-state index in [1.54, 1.807) is 59.7 Å². The highest BCUT2D eigenvalue weighted by atomic mass is 16.7. The molecule has 2 aromatic rings. The molecule has 1 aromatic carbocycles. The van der Waals surface area contributed by atoms with Crippen molar-refractivity contribution < 1.29 is 38.6 Å². The minimum absolute atomic E-state index is 0.0514. The summed E-state index contributed by atoms with van der Waals surface area (Å²) in [7, 11) is 0. The first-order valence-electron chi connectivity index (χ1n) is 11.8. The lowest BCUT2D eigenvalue weighted by molar-refractivity contribution is -0.145. The van der Waals surface area contributed by atoms with Crippen molar-refractivity contribution in [1.82, 2.24) is 25.8 Å². The number of carbonyl (C=O) groups excluding carboxylic acids is 3. The number of rotatable bonds is 9. The quantitative estimate of drug-likeness (QED) is 0.328. The summed E-state index contributed by atoms with van der Waals surface area (Å²) in [6.07, 6.45) is 0.0232. The Hall–Kier alpha value is -3.90. The molecule has 0 aliphatic carbocycles. The second kappa shape index (κ2) is 14.6. The summed E-state index contributed by atoms with van der Waals surface area (Å²) in [5.41, 5.74) is 0.202. The van der Waals surface area contributed by atoms with Crippen molar-refractivity contribution in [3.05, 3.63) is 24.3 Å². The van der Waals surface area contributed by atoms with Gasteiger partial charge in [-0.15, -0.1) is 5.10 Å². The lowest BCUT2D eigenvalue weighted by Crippen LogP contribution is -2.33. The van der Waals surface area contributed by atoms with E-state index in [0.29, 0.717) is 37.0 Å². The van der Waals surface area contributed by atoms with Gasteiger partial charge in [0.15, 0.2) is 0 Å². The zero-order valence-electron chi connectivity index (χ0n) is 22.2. The third-order valence-electron chi connectivity index (χ3n) is 3.97. The van der Waals surface area contributed by atoms with Crippen molar-refractivity contribution >= 4 is 35.2 Å². The average molecular weight is 524 g/mol. The van der Waals surface area contributed by atoms with Gasteiger partial charge in [0.05, 0.1) is 0 Å². The molecule has 1 heterocycles. The number of aliphatic carboxylic acids is 1. The van der Waals surface area contributed by atoms with Crippen LogP contribution in [-0.2, 0) is 19.1 Å². The minimum atomic E-state index is -0.865. The Morgan fingerprint density at radius 1 is 0.865 bits per heavy atom. The zero-order chi connectivity index (χ0) is 28.1. The van der Waals surface area contributed by atoms with Gasteiger partial charge >= 0.3 is 24.1 Å². The van der Waals surface area contributed by atoms with Crippen molar-refractivity contribution in [3.8, 4) is 0 Å². The van der Waals surface area contributed by atoms with Gasteiger partial charge < -0.3 is 30.1 Å². The van der Waals surface area contributed by atoms with E-state index in [2.05, 4.69) is 20.9 Å². The summed E-state index contributed by atoms with van der Waals surface area (Å²) < 4.78 is 10.0. The zero-order valence-corrected chi connectivity index (χ0v) is 22.2. The maximum atomic E-state index is 11.8. The number of hydrogen-bond donors (Lipinski definition) is 3. The number of carbonyl (C=O) groups is 4. The first-order chi connectivity index (χ1) is 17.2. The van der Waals surface area contributed by atoms with Gasteiger partial charge in [0.2, 0.25) is 0 Å². The van der Waals surface area contributed by atoms with Crippen LogP contribution in [0.2, 0.25) is 0 Å². The van der Waals surface area contributed by atoms with Crippen LogP contribution in [0.25, 0.3) is 11.0 Å². The molecule has 0 bridgehead atoms. The topological polar surface area (TPSA) is 171 Å². The Labute approximate surface area is 215 Å². The van der Waals surface area contributed by atoms with Crippen LogP contribution in [0.15, 0.2) is 24.3 Å². The van der Waals surface area contributed by atoms with E-state index >= 15 is 0 Å².